The number of nitrogens with zero attached hydrogens (tertiary/aromatic N) is 1. The van der Waals surface area contributed by atoms with Gasteiger partial charge in [-0.25, -0.2) is 4.98 Å². The monoisotopic (exact) mass is 274 g/mol. The number of hydrogen-bond donors (Lipinski definition) is 1. The molecule has 0 fully saturated rings. The summed E-state index contributed by atoms with van der Waals surface area (Å²) in [7, 11) is 0. The molecular weight excluding hydrogens is 252 g/mol. The summed E-state index contributed by atoms with van der Waals surface area (Å²) in [6.45, 7) is 5.24. The highest BCUT2D eigenvalue weighted by molar-refractivity contribution is 7.09. The van der Waals surface area contributed by atoms with Gasteiger partial charge in [-0.05, 0) is 38.3 Å². The van der Waals surface area contributed by atoms with Crippen molar-refractivity contribution in [1.82, 2.24) is 10.3 Å². The Morgan fingerprint density at radius 1 is 1.26 bits per heavy atom. The summed E-state index contributed by atoms with van der Waals surface area (Å²) in [6.07, 6.45) is 3.42. The molecule has 102 valence electrons. The lowest BCUT2D eigenvalue weighted by molar-refractivity contribution is 0.497. The van der Waals surface area contributed by atoms with E-state index in [1.807, 2.05) is 0 Å². The number of rotatable bonds is 7. The molecule has 0 bridgehead atoms. The maximum absolute atomic E-state index is 4.52. The zero-order chi connectivity index (χ0) is 13.5. The van der Waals surface area contributed by atoms with Crippen LogP contribution in [0.4, 0.5) is 0 Å². The van der Waals surface area contributed by atoms with E-state index in [1.54, 1.807) is 11.3 Å². The van der Waals surface area contributed by atoms with Gasteiger partial charge in [-0.2, -0.15) is 0 Å². The molecule has 2 rings (SSSR count). The second-order valence-electron chi connectivity index (χ2n) is 4.77. The van der Waals surface area contributed by atoms with Crippen LogP contribution in [0.5, 0.6) is 0 Å². The normalized spacial score (nSPS) is 12.5. The van der Waals surface area contributed by atoms with Gasteiger partial charge in [0.1, 0.15) is 0 Å². The molecule has 0 saturated heterocycles. The van der Waals surface area contributed by atoms with Crippen LogP contribution in [0.3, 0.4) is 0 Å². The first kappa shape index (κ1) is 14.2. The van der Waals surface area contributed by atoms with Gasteiger partial charge in [-0.1, -0.05) is 37.3 Å². The molecule has 2 nitrogen and oxygen atoms in total. The Kier molecular flexibility index (Phi) is 5.55. The lowest BCUT2D eigenvalue weighted by Gasteiger charge is -2.18. The lowest BCUT2D eigenvalue weighted by Crippen LogP contribution is -2.20. The molecular formula is C16H22N2S. The molecule has 2 aromatic rings. The minimum absolute atomic E-state index is 0.464. The van der Waals surface area contributed by atoms with Crippen molar-refractivity contribution in [3.8, 4) is 0 Å². The maximum Gasteiger partial charge on any atom is 0.0897 e. The molecule has 1 unspecified atom stereocenters. The fourth-order valence-corrected chi connectivity index (χ4v) is 2.98. The van der Waals surface area contributed by atoms with Crippen molar-refractivity contribution in [2.24, 2.45) is 0 Å². The van der Waals surface area contributed by atoms with Crippen molar-refractivity contribution in [3.63, 3.8) is 0 Å². The van der Waals surface area contributed by atoms with Gasteiger partial charge in [-0.15, -0.1) is 11.3 Å². The molecule has 1 aromatic carbocycles. The van der Waals surface area contributed by atoms with E-state index in [9.17, 15) is 0 Å². The molecule has 0 amide bonds. The quantitative estimate of drug-likeness (QED) is 0.821. The molecule has 1 aromatic heterocycles. The number of benzene rings is 1. The fourth-order valence-electron chi connectivity index (χ4n) is 2.33. The van der Waals surface area contributed by atoms with Crippen molar-refractivity contribution in [1.29, 1.82) is 0 Å². The Bertz CT molecular complexity index is 479. The van der Waals surface area contributed by atoms with E-state index < -0.39 is 0 Å². The molecule has 19 heavy (non-hydrogen) atoms. The van der Waals surface area contributed by atoms with Gasteiger partial charge in [0, 0.05) is 11.4 Å². The summed E-state index contributed by atoms with van der Waals surface area (Å²) >= 11 is 1.74. The van der Waals surface area contributed by atoms with Gasteiger partial charge >= 0.3 is 0 Å². The van der Waals surface area contributed by atoms with Crippen LogP contribution >= 0.6 is 11.3 Å². The van der Waals surface area contributed by atoms with Crippen LogP contribution < -0.4 is 5.32 Å². The van der Waals surface area contributed by atoms with E-state index >= 15 is 0 Å². The van der Waals surface area contributed by atoms with Crippen LogP contribution in [0.15, 0.2) is 35.7 Å². The predicted octanol–water partition coefficient (Wildman–Crippen LogP) is 4.13. The minimum atomic E-state index is 0.464. The van der Waals surface area contributed by atoms with Crippen molar-refractivity contribution in [2.45, 2.75) is 39.2 Å². The fraction of sp³-hybridized carbons (Fsp3) is 0.438. The molecule has 0 aliphatic heterocycles. The molecule has 0 saturated carbocycles. The van der Waals surface area contributed by atoms with E-state index in [2.05, 4.69) is 59.9 Å². The third kappa shape index (κ3) is 4.44. The van der Waals surface area contributed by atoms with Crippen molar-refractivity contribution in [3.05, 3.63) is 52.0 Å². The molecule has 0 spiro atoms. The van der Waals surface area contributed by atoms with Gasteiger partial charge < -0.3 is 5.32 Å². The summed E-state index contributed by atoms with van der Waals surface area (Å²) in [5.74, 6) is 0. The zero-order valence-corrected chi connectivity index (χ0v) is 12.5. The second-order valence-corrected chi connectivity index (χ2v) is 5.83. The Labute approximate surface area is 119 Å². The summed E-state index contributed by atoms with van der Waals surface area (Å²) in [5, 5.41) is 6.92. The van der Waals surface area contributed by atoms with Crippen LogP contribution in [-0.4, -0.2) is 11.5 Å². The first-order valence-electron chi connectivity index (χ1n) is 6.99. The van der Waals surface area contributed by atoms with Gasteiger partial charge in [0.2, 0.25) is 0 Å². The van der Waals surface area contributed by atoms with Gasteiger partial charge in [-0.3, -0.25) is 0 Å². The topological polar surface area (TPSA) is 24.9 Å². The van der Waals surface area contributed by atoms with Crippen LogP contribution in [-0.2, 0) is 6.42 Å². The van der Waals surface area contributed by atoms with E-state index in [0.29, 0.717) is 6.04 Å². The molecule has 1 N–H and O–H groups in total. The van der Waals surface area contributed by atoms with Crippen LogP contribution in [0.25, 0.3) is 0 Å². The third-order valence-electron chi connectivity index (χ3n) is 3.24. The molecule has 1 heterocycles. The average Bonchev–Trinajstić information content (AvgIpc) is 2.84. The van der Waals surface area contributed by atoms with E-state index in [1.165, 1.54) is 22.7 Å². The first-order valence-corrected chi connectivity index (χ1v) is 7.87. The van der Waals surface area contributed by atoms with E-state index in [-0.39, 0.29) is 0 Å². The SMILES string of the molecule is CCNC(CCCc1csc(C)n1)c1ccccc1. The van der Waals surface area contributed by atoms with Crippen molar-refractivity contribution >= 4 is 11.3 Å². The Balaban J connectivity index is 1.87. The highest BCUT2D eigenvalue weighted by atomic mass is 32.1. The first-order chi connectivity index (χ1) is 9.29. The van der Waals surface area contributed by atoms with Crippen LogP contribution in [0, 0.1) is 6.92 Å². The largest absolute Gasteiger partial charge is 0.310 e. The second kappa shape index (κ2) is 7.41. The molecule has 3 heteroatoms. The number of aromatic nitrogens is 1. The van der Waals surface area contributed by atoms with Gasteiger partial charge in [0.15, 0.2) is 0 Å². The molecule has 1 atom stereocenters. The maximum atomic E-state index is 4.52. The van der Waals surface area contributed by atoms with Crippen molar-refractivity contribution in [2.75, 3.05) is 6.54 Å². The highest BCUT2D eigenvalue weighted by Gasteiger charge is 2.09. The van der Waals surface area contributed by atoms with Crippen LogP contribution in [0.2, 0.25) is 0 Å². The Morgan fingerprint density at radius 2 is 2.05 bits per heavy atom. The standard InChI is InChI=1S/C16H22N2S/c1-3-17-16(14-8-5-4-6-9-14)11-7-10-15-12-19-13(2)18-15/h4-6,8-9,12,16-17H,3,7,10-11H2,1-2H3. The summed E-state index contributed by atoms with van der Waals surface area (Å²) < 4.78 is 0. The summed E-state index contributed by atoms with van der Waals surface area (Å²) in [4.78, 5) is 4.52. The molecule has 0 radical (unpaired) electrons. The predicted molar refractivity (Wildman–Crippen MR) is 82.6 cm³/mol. The number of aryl methyl sites for hydroxylation is 2. The number of thiazole rings is 1. The van der Waals surface area contributed by atoms with Crippen molar-refractivity contribution < 1.29 is 0 Å². The zero-order valence-electron chi connectivity index (χ0n) is 11.7. The number of nitrogens with one attached hydrogen (secondary N) is 1. The van der Waals surface area contributed by atoms with E-state index in [0.717, 1.165) is 19.4 Å². The summed E-state index contributed by atoms with van der Waals surface area (Å²) in [5.41, 5.74) is 2.63. The third-order valence-corrected chi connectivity index (χ3v) is 4.07. The average molecular weight is 274 g/mol. The van der Waals surface area contributed by atoms with Gasteiger partial charge in [0.05, 0.1) is 10.7 Å². The Morgan fingerprint density at radius 3 is 2.68 bits per heavy atom. The Hall–Kier alpha value is -1.19. The number of hydrogen-bond acceptors (Lipinski definition) is 3. The molecule has 0 aliphatic carbocycles. The molecule has 0 aliphatic rings. The lowest BCUT2D eigenvalue weighted by atomic mass is 10.0. The van der Waals surface area contributed by atoms with Crippen LogP contribution in [0.1, 0.15) is 42.1 Å². The van der Waals surface area contributed by atoms with E-state index in [4.69, 9.17) is 0 Å². The smallest absolute Gasteiger partial charge is 0.0897 e. The highest BCUT2D eigenvalue weighted by Crippen LogP contribution is 2.20. The minimum Gasteiger partial charge on any atom is -0.310 e. The summed E-state index contributed by atoms with van der Waals surface area (Å²) in [6, 6.07) is 11.2. The van der Waals surface area contributed by atoms with Gasteiger partial charge in [0.25, 0.3) is 0 Å².